The van der Waals surface area contributed by atoms with Crippen LogP contribution in [0.1, 0.15) is 31.2 Å². The predicted octanol–water partition coefficient (Wildman–Crippen LogP) is -0.211. The van der Waals surface area contributed by atoms with E-state index in [-0.39, 0.29) is 22.9 Å². The monoisotopic (exact) mass is 237 g/mol. The highest BCUT2D eigenvalue weighted by atomic mass is 16.2. The number of likely N-dealkylation sites (tertiary alicyclic amines) is 1. The minimum atomic E-state index is -0.298. The second-order valence-electron chi connectivity index (χ2n) is 4.32. The number of H-pyrrole nitrogens is 2. The van der Waals surface area contributed by atoms with E-state index in [0.29, 0.717) is 18.7 Å². The van der Waals surface area contributed by atoms with Crippen LogP contribution in [-0.2, 0) is 4.79 Å². The Balaban J connectivity index is 2.16. The summed E-state index contributed by atoms with van der Waals surface area (Å²) in [6.45, 7) is 2.83. The fourth-order valence-electron chi connectivity index (χ4n) is 2.24. The van der Waals surface area contributed by atoms with E-state index in [9.17, 15) is 14.4 Å². The van der Waals surface area contributed by atoms with Crippen LogP contribution in [0.3, 0.4) is 0 Å². The second kappa shape index (κ2) is 4.57. The third-order valence-electron chi connectivity index (χ3n) is 3.23. The molecule has 17 heavy (non-hydrogen) atoms. The molecule has 1 saturated heterocycles. The van der Waals surface area contributed by atoms with Gasteiger partial charge in [0.1, 0.15) is 0 Å². The number of nitrogens with zero attached hydrogens (tertiary/aromatic N) is 1. The number of hydrogen-bond acceptors (Lipinski definition) is 3. The molecule has 0 spiro atoms. The minimum Gasteiger partial charge on any atom is -0.343 e. The van der Waals surface area contributed by atoms with Crippen LogP contribution in [0.15, 0.2) is 15.7 Å². The fourth-order valence-corrected chi connectivity index (χ4v) is 2.24. The average molecular weight is 237 g/mol. The molecule has 0 radical (unpaired) electrons. The Morgan fingerprint density at radius 1 is 1.29 bits per heavy atom. The maximum atomic E-state index is 11.6. The molecule has 2 rings (SSSR count). The smallest absolute Gasteiger partial charge is 0.266 e. The Bertz CT molecular complexity index is 523. The van der Waals surface area contributed by atoms with Crippen LogP contribution in [0.4, 0.5) is 0 Å². The third-order valence-corrected chi connectivity index (χ3v) is 3.23. The van der Waals surface area contributed by atoms with Crippen molar-refractivity contribution in [2.45, 2.75) is 25.7 Å². The Hall–Kier alpha value is -1.85. The molecule has 0 atom stereocenters. The molecular formula is C11H15N3O3. The first-order chi connectivity index (χ1) is 8.08. The van der Waals surface area contributed by atoms with Crippen molar-refractivity contribution in [3.05, 3.63) is 32.3 Å². The normalized spacial score (nSPS) is 17.1. The van der Waals surface area contributed by atoms with Gasteiger partial charge in [-0.25, -0.2) is 0 Å². The zero-order chi connectivity index (χ0) is 12.4. The summed E-state index contributed by atoms with van der Waals surface area (Å²) in [4.78, 5) is 35.7. The molecule has 0 saturated carbocycles. The largest absolute Gasteiger partial charge is 0.343 e. The molecule has 1 aliphatic heterocycles. The lowest BCUT2D eigenvalue weighted by Gasteiger charge is -2.30. The van der Waals surface area contributed by atoms with E-state index >= 15 is 0 Å². The molecule has 1 fully saturated rings. The van der Waals surface area contributed by atoms with Crippen LogP contribution in [0, 0.1) is 0 Å². The maximum absolute atomic E-state index is 11.6. The second-order valence-corrected chi connectivity index (χ2v) is 4.32. The van der Waals surface area contributed by atoms with Crippen molar-refractivity contribution >= 4 is 5.91 Å². The van der Waals surface area contributed by atoms with Crippen molar-refractivity contribution in [1.82, 2.24) is 15.1 Å². The number of aromatic nitrogens is 2. The Labute approximate surface area is 97.6 Å². The van der Waals surface area contributed by atoms with Crippen molar-refractivity contribution < 1.29 is 4.79 Å². The summed E-state index contributed by atoms with van der Waals surface area (Å²) in [5.74, 6) is 0.125. The summed E-state index contributed by atoms with van der Waals surface area (Å²) in [7, 11) is 0. The zero-order valence-corrected chi connectivity index (χ0v) is 9.66. The van der Waals surface area contributed by atoms with Gasteiger partial charge < -0.3 is 4.90 Å². The number of piperidine rings is 1. The van der Waals surface area contributed by atoms with Crippen molar-refractivity contribution in [3.63, 3.8) is 0 Å². The van der Waals surface area contributed by atoms with Gasteiger partial charge in [0.05, 0.1) is 0 Å². The summed E-state index contributed by atoms with van der Waals surface area (Å²) >= 11 is 0. The van der Waals surface area contributed by atoms with Crippen molar-refractivity contribution in [3.8, 4) is 0 Å². The lowest BCUT2D eigenvalue weighted by atomic mass is 9.90. The standard InChI is InChI=1S/C11H15N3O3/c1-7(15)14-4-2-8(3-5-14)9-6-10(16)12-13-11(9)17/h6,8H,2-5H2,1H3,(H,12,16)(H,13,17). The highest BCUT2D eigenvalue weighted by Gasteiger charge is 2.23. The van der Waals surface area contributed by atoms with E-state index in [4.69, 9.17) is 0 Å². The van der Waals surface area contributed by atoms with Crippen LogP contribution in [0.2, 0.25) is 0 Å². The first-order valence-electron chi connectivity index (χ1n) is 5.65. The highest BCUT2D eigenvalue weighted by Crippen LogP contribution is 2.24. The summed E-state index contributed by atoms with van der Waals surface area (Å²) in [5, 5.41) is 4.57. The van der Waals surface area contributed by atoms with Gasteiger partial charge in [-0.05, 0) is 18.8 Å². The molecule has 1 aromatic heterocycles. The van der Waals surface area contributed by atoms with E-state index in [1.54, 1.807) is 11.8 Å². The minimum absolute atomic E-state index is 0.0586. The van der Waals surface area contributed by atoms with E-state index < -0.39 is 0 Å². The summed E-state index contributed by atoms with van der Waals surface area (Å²) in [5.41, 5.74) is -0.0172. The number of aromatic amines is 2. The van der Waals surface area contributed by atoms with Crippen molar-refractivity contribution in [2.75, 3.05) is 13.1 Å². The van der Waals surface area contributed by atoms with E-state index in [0.717, 1.165) is 12.8 Å². The molecule has 92 valence electrons. The summed E-state index contributed by atoms with van der Waals surface area (Å²) in [6, 6.07) is 1.35. The van der Waals surface area contributed by atoms with Crippen LogP contribution in [0.5, 0.6) is 0 Å². The lowest BCUT2D eigenvalue weighted by molar-refractivity contribution is -0.129. The Morgan fingerprint density at radius 2 is 1.94 bits per heavy atom. The van der Waals surface area contributed by atoms with Crippen LogP contribution < -0.4 is 11.1 Å². The number of nitrogens with one attached hydrogen (secondary N) is 2. The van der Waals surface area contributed by atoms with E-state index in [1.807, 2.05) is 0 Å². The van der Waals surface area contributed by atoms with Gasteiger partial charge in [-0.3, -0.25) is 24.6 Å². The molecule has 1 aromatic rings. The Morgan fingerprint density at radius 3 is 2.53 bits per heavy atom. The number of rotatable bonds is 1. The van der Waals surface area contributed by atoms with Crippen molar-refractivity contribution in [2.24, 2.45) is 0 Å². The van der Waals surface area contributed by atoms with Gasteiger partial charge in [-0.2, -0.15) is 0 Å². The molecule has 0 aromatic carbocycles. The zero-order valence-electron chi connectivity index (χ0n) is 9.66. The molecule has 1 aliphatic rings. The van der Waals surface area contributed by atoms with Gasteiger partial charge in [-0.15, -0.1) is 0 Å². The van der Waals surface area contributed by atoms with Crippen LogP contribution in [0.25, 0.3) is 0 Å². The molecule has 6 nitrogen and oxygen atoms in total. The summed E-state index contributed by atoms with van der Waals surface area (Å²) < 4.78 is 0. The predicted molar refractivity (Wildman–Crippen MR) is 61.9 cm³/mol. The molecule has 0 aliphatic carbocycles. The molecule has 0 unspecified atom stereocenters. The first kappa shape index (κ1) is 11.6. The molecule has 2 heterocycles. The number of hydrogen-bond donors (Lipinski definition) is 2. The lowest BCUT2D eigenvalue weighted by Crippen LogP contribution is -2.38. The highest BCUT2D eigenvalue weighted by molar-refractivity contribution is 5.73. The van der Waals surface area contributed by atoms with Crippen molar-refractivity contribution in [1.29, 1.82) is 0 Å². The van der Waals surface area contributed by atoms with Crippen LogP contribution in [-0.4, -0.2) is 34.1 Å². The van der Waals surface area contributed by atoms with Gasteiger partial charge in [0.15, 0.2) is 0 Å². The molecule has 0 bridgehead atoms. The number of carbonyl (C=O) groups is 1. The maximum Gasteiger partial charge on any atom is 0.266 e. The van der Waals surface area contributed by atoms with Gasteiger partial charge in [0.25, 0.3) is 11.1 Å². The molecule has 6 heteroatoms. The quantitative estimate of drug-likeness (QED) is 0.708. The average Bonchev–Trinajstić information content (AvgIpc) is 2.32. The fraction of sp³-hybridized carbons (Fsp3) is 0.545. The number of carbonyl (C=O) groups excluding carboxylic acids is 1. The molecular weight excluding hydrogens is 222 g/mol. The first-order valence-corrected chi connectivity index (χ1v) is 5.65. The van der Waals surface area contributed by atoms with Gasteiger partial charge in [0, 0.05) is 31.6 Å². The SMILES string of the molecule is CC(=O)N1CCC(c2cc(=O)[nH][nH]c2=O)CC1. The Kier molecular flexibility index (Phi) is 3.12. The third kappa shape index (κ3) is 2.46. The molecule has 2 N–H and O–H groups in total. The van der Waals surface area contributed by atoms with Crippen LogP contribution >= 0.6 is 0 Å². The summed E-state index contributed by atoms with van der Waals surface area (Å²) in [6.07, 6.45) is 1.46. The van der Waals surface area contributed by atoms with E-state index in [1.165, 1.54) is 6.07 Å². The topological polar surface area (TPSA) is 86.0 Å². The molecule has 1 amide bonds. The van der Waals surface area contributed by atoms with E-state index in [2.05, 4.69) is 10.2 Å². The van der Waals surface area contributed by atoms with Gasteiger partial charge >= 0.3 is 0 Å². The van der Waals surface area contributed by atoms with Gasteiger partial charge in [-0.1, -0.05) is 0 Å². The number of amides is 1. The van der Waals surface area contributed by atoms with Gasteiger partial charge in [0.2, 0.25) is 5.91 Å².